The van der Waals surface area contributed by atoms with Gasteiger partial charge in [0.25, 0.3) is 5.91 Å². The molecule has 1 aromatic carbocycles. The SMILES string of the molecule is CN(C)C(=O)c1ccc(Sc2ccc(N)cc2)nn1. The van der Waals surface area contributed by atoms with Gasteiger partial charge in [-0.05, 0) is 36.4 Å². The molecule has 0 aliphatic rings. The van der Waals surface area contributed by atoms with Crippen LogP contribution in [0.2, 0.25) is 0 Å². The van der Waals surface area contributed by atoms with Crippen molar-refractivity contribution >= 4 is 23.4 Å². The molecule has 0 spiro atoms. The van der Waals surface area contributed by atoms with Crippen LogP contribution in [0.4, 0.5) is 5.69 Å². The van der Waals surface area contributed by atoms with Crippen molar-refractivity contribution in [1.82, 2.24) is 15.1 Å². The highest BCUT2D eigenvalue weighted by molar-refractivity contribution is 7.99. The first kappa shape index (κ1) is 13.4. The van der Waals surface area contributed by atoms with Gasteiger partial charge in [-0.1, -0.05) is 11.8 Å². The van der Waals surface area contributed by atoms with E-state index >= 15 is 0 Å². The van der Waals surface area contributed by atoms with Crippen molar-refractivity contribution in [3.63, 3.8) is 0 Å². The number of carbonyl (C=O) groups is 1. The van der Waals surface area contributed by atoms with Gasteiger partial charge in [-0.25, -0.2) is 0 Å². The summed E-state index contributed by atoms with van der Waals surface area (Å²) < 4.78 is 0. The highest BCUT2D eigenvalue weighted by Crippen LogP contribution is 2.25. The van der Waals surface area contributed by atoms with Crippen molar-refractivity contribution in [2.45, 2.75) is 9.92 Å². The smallest absolute Gasteiger partial charge is 0.273 e. The molecule has 0 saturated carbocycles. The molecule has 0 radical (unpaired) electrons. The first-order chi connectivity index (χ1) is 9.06. The average Bonchev–Trinajstić information content (AvgIpc) is 2.41. The molecule has 6 heteroatoms. The van der Waals surface area contributed by atoms with Crippen LogP contribution < -0.4 is 5.73 Å². The Labute approximate surface area is 115 Å². The molecule has 1 heterocycles. The van der Waals surface area contributed by atoms with E-state index in [1.807, 2.05) is 24.3 Å². The monoisotopic (exact) mass is 274 g/mol. The van der Waals surface area contributed by atoms with Gasteiger partial charge in [-0.15, -0.1) is 10.2 Å². The summed E-state index contributed by atoms with van der Waals surface area (Å²) in [6.07, 6.45) is 0. The zero-order chi connectivity index (χ0) is 13.8. The highest BCUT2D eigenvalue weighted by Gasteiger charge is 2.10. The van der Waals surface area contributed by atoms with Gasteiger partial charge < -0.3 is 10.6 Å². The van der Waals surface area contributed by atoms with E-state index in [0.717, 1.165) is 15.6 Å². The third kappa shape index (κ3) is 3.45. The molecular formula is C13H14N4OS. The molecule has 0 atom stereocenters. The molecule has 0 fully saturated rings. The largest absolute Gasteiger partial charge is 0.399 e. The van der Waals surface area contributed by atoms with Gasteiger partial charge in [-0.3, -0.25) is 4.79 Å². The summed E-state index contributed by atoms with van der Waals surface area (Å²) in [7, 11) is 3.36. The number of rotatable bonds is 3. The highest BCUT2D eigenvalue weighted by atomic mass is 32.2. The van der Waals surface area contributed by atoms with Crippen molar-refractivity contribution in [3.05, 3.63) is 42.1 Å². The fourth-order valence-corrected chi connectivity index (χ4v) is 2.11. The van der Waals surface area contributed by atoms with Gasteiger partial charge in [0.1, 0.15) is 5.03 Å². The zero-order valence-electron chi connectivity index (χ0n) is 10.7. The van der Waals surface area contributed by atoms with Crippen LogP contribution in [0.3, 0.4) is 0 Å². The molecule has 0 saturated heterocycles. The molecule has 0 unspecified atom stereocenters. The maximum atomic E-state index is 11.7. The van der Waals surface area contributed by atoms with E-state index in [2.05, 4.69) is 10.2 Å². The molecule has 2 aromatic rings. The quantitative estimate of drug-likeness (QED) is 0.866. The van der Waals surface area contributed by atoms with Crippen molar-refractivity contribution in [3.8, 4) is 0 Å². The maximum Gasteiger partial charge on any atom is 0.273 e. The van der Waals surface area contributed by atoms with Crippen LogP contribution in [0, 0.1) is 0 Å². The minimum atomic E-state index is -0.156. The maximum absolute atomic E-state index is 11.7. The van der Waals surface area contributed by atoms with Gasteiger partial charge in [0.05, 0.1) is 0 Å². The molecule has 0 bridgehead atoms. The predicted octanol–water partition coefficient (Wildman–Crippen LogP) is 1.91. The van der Waals surface area contributed by atoms with Crippen LogP contribution in [-0.4, -0.2) is 35.1 Å². The first-order valence-electron chi connectivity index (χ1n) is 5.65. The minimum absolute atomic E-state index is 0.156. The summed E-state index contributed by atoms with van der Waals surface area (Å²) in [5.74, 6) is -0.156. The Balaban J connectivity index is 2.10. The fourth-order valence-electron chi connectivity index (χ4n) is 1.37. The number of nitrogens with zero attached hydrogens (tertiary/aromatic N) is 3. The molecule has 0 aliphatic heterocycles. The van der Waals surface area contributed by atoms with Gasteiger partial charge in [0, 0.05) is 24.7 Å². The lowest BCUT2D eigenvalue weighted by Crippen LogP contribution is -2.23. The standard InChI is InChI=1S/C13H14N4OS/c1-17(2)13(18)11-7-8-12(16-15-11)19-10-5-3-9(14)4-6-10/h3-8H,14H2,1-2H3. The molecule has 2 N–H and O–H groups in total. The third-order valence-corrected chi connectivity index (χ3v) is 3.30. The van der Waals surface area contributed by atoms with Crippen LogP contribution >= 0.6 is 11.8 Å². The second-order valence-corrected chi connectivity index (χ2v) is 5.22. The summed E-state index contributed by atoms with van der Waals surface area (Å²) in [5, 5.41) is 8.70. The second kappa shape index (κ2) is 5.71. The van der Waals surface area contributed by atoms with Gasteiger partial charge in [-0.2, -0.15) is 0 Å². The van der Waals surface area contributed by atoms with E-state index in [9.17, 15) is 4.79 Å². The first-order valence-corrected chi connectivity index (χ1v) is 6.46. The van der Waals surface area contributed by atoms with Crippen molar-refractivity contribution < 1.29 is 4.79 Å². The molecule has 5 nitrogen and oxygen atoms in total. The summed E-state index contributed by atoms with van der Waals surface area (Å²) in [6.45, 7) is 0. The molecule has 1 amide bonds. The van der Waals surface area contributed by atoms with Crippen LogP contribution in [0.5, 0.6) is 0 Å². The summed E-state index contributed by atoms with van der Waals surface area (Å²) >= 11 is 1.47. The number of amides is 1. The Morgan fingerprint density at radius 1 is 1.11 bits per heavy atom. The van der Waals surface area contributed by atoms with Gasteiger partial charge >= 0.3 is 0 Å². The Bertz CT molecular complexity index is 566. The average molecular weight is 274 g/mol. The lowest BCUT2D eigenvalue weighted by Gasteiger charge is -2.08. The number of nitrogen functional groups attached to an aromatic ring is 1. The Morgan fingerprint density at radius 3 is 2.32 bits per heavy atom. The second-order valence-electron chi connectivity index (χ2n) is 4.13. The topological polar surface area (TPSA) is 72.1 Å². The Morgan fingerprint density at radius 2 is 1.79 bits per heavy atom. The zero-order valence-corrected chi connectivity index (χ0v) is 11.5. The molecular weight excluding hydrogens is 260 g/mol. The molecule has 0 aliphatic carbocycles. The van der Waals surface area contributed by atoms with Crippen molar-refractivity contribution in [2.24, 2.45) is 0 Å². The van der Waals surface area contributed by atoms with Crippen molar-refractivity contribution in [1.29, 1.82) is 0 Å². The van der Waals surface area contributed by atoms with Crippen LogP contribution in [0.15, 0.2) is 46.3 Å². The fraction of sp³-hybridized carbons (Fsp3) is 0.154. The Hall–Kier alpha value is -2.08. The van der Waals surface area contributed by atoms with E-state index in [1.54, 1.807) is 26.2 Å². The number of aromatic nitrogens is 2. The van der Waals surface area contributed by atoms with E-state index < -0.39 is 0 Å². The number of hydrogen-bond donors (Lipinski definition) is 1. The van der Waals surface area contributed by atoms with E-state index in [4.69, 9.17) is 5.73 Å². The Kier molecular flexibility index (Phi) is 4.01. The predicted molar refractivity (Wildman–Crippen MR) is 75.0 cm³/mol. The molecule has 2 rings (SSSR count). The van der Waals surface area contributed by atoms with Crippen LogP contribution in [0.25, 0.3) is 0 Å². The molecule has 1 aromatic heterocycles. The summed E-state index contributed by atoms with van der Waals surface area (Å²) in [5.41, 5.74) is 6.69. The number of carbonyl (C=O) groups excluding carboxylic acids is 1. The number of nitrogens with two attached hydrogens (primary N) is 1. The molecule has 98 valence electrons. The third-order valence-electron chi connectivity index (χ3n) is 2.37. The van der Waals surface area contributed by atoms with Crippen molar-refractivity contribution in [2.75, 3.05) is 19.8 Å². The summed E-state index contributed by atoms with van der Waals surface area (Å²) in [4.78, 5) is 14.1. The minimum Gasteiger partial charge on any atom is -0.399 e. The number of hydrogen-bond acceptors (Lipinski definition) is 5. The normalized spacial score (nSPS) is 10.2. The van der Waals surface area contributed by atoms with E-state index in [0.29, 0.717) is 5.69 Å². The van der Waals surface area contributed by atoms with Gasteiger partial charge in [0.15, 0.2) is 5.69 Å². The van der Waals surface area contributed by atoms with Gasteiger partial charge in [0.2, 0.25) is 0 Å². The van der Waals surface area contributed by atoms with E-state index in [1.165, 1.54) is 16.7 Å². The molecule has 19 heavy (non-hydrogen) atoms. The number of benzene rings is 1. The lowest BCUT2D eigenvalue weighted by atomic mass is 10.3. The van der Waals surface area contributed by atoms with E-state index in [-0.39, 0.29) is 5.91 Å². The summed E-state index contributed by atoms with van der Waals surface area (Å²) in [6, 6.07) is 11.0. The van der Waals surface area contributed by atoms with Crippen LogP contribution in [0.1, 0.15) is 10.5 Å². The lowest BCUT2D eigenvalue weighted by molar-refractivity contribution is 0.0820. The van der Waals surface area contributed by atoms with Crippen LogP contribution in [-0.2, 0) is 0 Å². The number of anilines is 1.